The SMILES string of the molecule is Cc1ccc(C2=C(c3ccc(S(C)(=O)=O)cc3)Oc3ccccc3C2)cc1[N+](=O)[O-]. The first-order valence-corrected chi connectivity index (χ1v) is 11.2. The smallest absolute Gasteiger partial charge is 0.272 e. The molecule has 3 aromatic rings. The van der Waals surface area contributed by atoms with Crippen LogP contribution in [0.2, 0.25) is 0 Å². The van der Waals surface area contributed by atoms with E-state index < -0.39 is 14.8 Å². The average molecular weight is 421 g/mol. The molecule has 0 atom stereocenters. The summed E-state index contributed by atoms with van der Waals surface area (Å²) in [6, 6.07) is 19.2. The van der Waals surface area contributed by atoms with Crippen molar-refractivity contribution in [2.75, 3.05) is 6.26 Å². The third-order valence-electron chi connectivity index (χ3n) is 5.12. The van der Waals surface area contributed by atoms with Crippen LogP contribution in [0.5, 0.6) is 5.75 Å². The van der Waals surface area contributed by atoms with Crippen LogP contribution in [0.25, 0.3) is 11.3 Å². The van der Waals surface area contributed by atoms with Gasteiger partial charge < -0.3 is 4.74 Å². The topological polar surface area (TPSA) is 86.5 Å². The highest BCUT2D eigenvalue weighted by Crippen LogP contribution is 2.40. The maximum Gasteiger partial charge on any atom is 0.272 e. The molecule has 0 aliphatic carbocycles. The Morgan fingerprint density at radius 2 is 1.63 bits per heavy atom. The van der Waals surface area contributed by atoms with E-state index in [0.717, 1.165) is 17.4 Å². The first-order valence-electron chi connectivity index (χ1n) is 9.29. The zero-order chi connectivity index (χ0) is 21.5. The van der Waals surface area contributed by atoms with Gasteiger partial charge in [0.15, 0.2) is 9.84 Å². The molecule has 0 saturated carbocycles. The molecule has 1 heterocycles. The predicted octanol–water partition coefficient (Wildman–Crippen LogP) is 4.81. The molecule has 1 aliphatic rings. The van der Waals surface area contributed by atoms with Crippen molar-refractivity contribution in [3.8, 4) is 5.75 Å². The van der Waals surface area contributed by atoms with Crippen LogP contribution in [-0.2, 0) is 16.3 Å². The summed E-state index contributed by atoms with van der Waals surface area (Å²) in [7, 11) is -3.32. The Morgan fingerprint density at radius 3 is 2.30 bits per heavy atom. The largest absolute Gasteiger partial charge is 0.456 e. The van der Waals surface area contributed by atoms with Crippen LogP contribution in [0.4, 0.5) is 5.69 Å². The van der Waals surface area contributed by atoms with Crippen LogP contribution in [0.3, 0.4) is 0 Å². The maximum absolute atomic E-state index is 11.8. The van der Waals surface area contributed by atoms with Gasteiger partial charge in [-0.25, -0.2) is 8.42 Å². The van der Waals surface area contributed by atoms with Crippen LogP contribution in [0, 0.1) is 17.0 Å². The van der Waals surface area contributed by atoms with Gasteiger partial charge in [0, 0.05) is 35.4 Å². The average Bonchev–Trinajstić information content (AvgIpc) is 2.72. The lowest BCUT2D eigenvalue weighted by molar-refractivity contribution is -0.385. The third kappa shape index (κ3) is 3.71. The Morgan fingerprint density at radius 1 is 0.967 bits per heavy atom. The summed E-state index contributed by atoms with van der Waals surface area (Å²) in [5.41, 5.74) is 3.82. The van der Waals surface area contributed by atoms with Gasteiger partial charge in [-0.1, -0.05) is 30.3 Å². The molecule has 0 unspecified atom stereocenters. The number of para-hydroxylation sites is 1. The van der Waals surface area contributed by atoms with Gasteiger partial charge in [-0.05, 0) is 48.4 Å². The second-order valence-electron chi connectivity index (χ2n) is 7.25. The molecule has 0 saturated heterocycles. The third-order valence-corrected chi connectivity index (χ3v) is 6.25. The maximum atomic E-state index is 11.8. The van der Waals surface area contributed by atoms with E-state index in [1.165, 1.54) is 12.1 Å². The molecule has 0 aromatic heterocycles. The highest BCUT2D eigenvalue weighted by molar-refractivity contribution is 7.90. The fourth-order valence-electron chi connectivity index (χ4n) is 3.51. The fourth-order valence-corrected chi connectivity index (χ4v) is 4.14. The van der Waals surface area contributed by atoms with Crippen molar-refractivity contribution < 1.29 is 18.1 Å². The number of rotatable bonds is 4. The van der Waals surface area contributed by atoms with E-state index in [4.69, 9.17) is 4.74 Å². The molecule has 4 rings (SSSR count). The van der Waals surface area contributed by atoms with Gasteiger partial charge in [0.2, 0.25) is 0 Å². The monoisotopic (exact) mass is 421 g/mol. The highest BCUT2D eigenvalue weighted by atomic mass is 32.2. The quantitative estimate of drug-likeness (QED) is 0.446. The van der Waals surface area contributed by atoms with Crippen molar-refractivity contribution in [3.63, 3.8) is 0 Å². The van der Waals surface area contributed by atoms with E-state index in [1.54, 1.807) is 31.2 Å². The number of ether oxygens (including phenoxy) is 1. The van der Waals surface area contributed by atoms with Crippen LogP contribution >= 0.6 is 0 Å². The Balaban J connectivity index is 1.89. The summed E-state index contributed by atoms with van der Waals surface area (Å²) in [5.74, 6) is 1.27. The number of nitro benzene ring substituents is 1. The molecular formula is C23H19NO5S. The first kappa shape index (κ1) is 19.8. The van der Waals surface area contributed by atoms with E-state index in [2.05, 4.69) is 0 Å². The number of allylic oxidation sites excluding steroid dienone is 1. The van der Waals surface area contributed by atoms with Crippen LogP contribution in [0.1, 0.15) is 22.3 Å². The van der Waals surface area contributed by atoms with Gasteiger partial charge in [0.05, 0.1) is 9.82 Å². The summed E-state index contributed by atoms with van der Waals surface area (Å²) >= 11 is 0. The van der Waals surface area contributed by atoms with E-state index in [9.17, 15) is 18.5 Å². The number of aryl methyl sites for hydroxylation is 1. The van der Waals surface area contributed by atoms with Crippen molar-refractivity contribution >= 4 is 26.9 Å². The number of benzene rings is 3. The number of nitrogens with zero attached hydrogens (tertiary/aromatic N) is 1. The zero-order valence-electron chi connectivity index (χ0n) is 16.5. The minimum atomic E-state index is -3.32. The van der Waals surface area contributed by atoms with Gasteiger partial charge in [-0.15, -0.1) is 0 Å². The van der Waals surface area contributed by atoms with Crippen LogP contribution in [0.15, 0.2) is 71.6 Å². The number of fused-ring (bicyclic) bond motifs is 1. The van der Waals surface area contributed by atoms with Crippen LogP contribution < -0.4 is 4.74 Å². The van der Waals surface area contributed by atoms with Gasteiger partial charge in [-0.2, -0.15) is 0 Å². The number of hydrogen-bond donors (Lipinski definition) is 0. The normalized spacial score (nSPS) is 13.5. The van der Waals surface area contributed by atoms with Crippen molar-refractivity contribution in [2.45, 2.75) is 18.2 Å². The number of hydrogen-bond acceptors (Lipinski definition) is 5. The summed E-state index contributed by atoms with van der Waals surface area (Å²) < 4.78 is 29.8. The molecular weight excluding hydrogens is 402 g/mol. The summed E-state index contributed by atoms with van der Waals surface area (Å²) in [4.78, 5) is 11.3. The Bertz CT molecular complexity index is 1290. The second kappa shape index (κ2) is 7.42. The van der Waals surface area contributed by atoms with Crippen molar-refractivity contribution in [1.29, 1.82) is 0 Å². The van der Waals surface area contributed by atoms with Gasteiger partial charge in [-0.3, -0.25) is 10.1 Å². The molecule has 0 fully saturated rings. The van der Waals surface area contributed by atoms with E-state index in [-0.39, 0.29) is 10.6 Å². The number of nitro groups is 1. The minimum absolute atomic E-state index is 0.0469. The van der Waals surface area contributed by atoms with Crippen LogP contribution in [-0.4, -0.2) is 19.6 Å². The van der Waals surface area contributed by atoms with Crippen molar-refractivity contribution in [1.82, 2.24) is 0 Å². The molecule has 0 radical (unpaired) electrons. The van der Waals surface area contributed by atoms with Gasteiger partial charge >= 0.3 is 0 Å². The van der Waals surface area contributed by atoms with Crippen molar-refractivity contribution in [3.05, 3.63) is 99.1 Å². The predicted molar refractivity (Wildman–Crippen MR) is 115 cm³/mol. The molecule has 0 bridgehead atoms. The van der Waals surface area contributed by atoms with Crippen molar-refractivity contribution in [2.24, 2.45) is 0 Å². The van der Waals surface area contributed by atoms with Gasteiger partial charge in [0.25, 0.3) is 5.69 Å². The van der Waals surface area contributed by atoms with E-state index >= 15 is 0 Å². The fraction of sp³-hybridized carbons (Fsp3) is 0.130. The standard InChI is InChI=1S/C23H19NO5S/c1-15-7-8-17(14-21(15)24(25)26)20-13-18-5-3-4-6-22(18)29-23(20)16-9-11-19(12-10-16)30(2,27)28/h3-12,14H,13H2,1-2H3. The molecule has 7 heteroatoms. The lowest BCUT2D eigenvalue weighted by Crippen LogP contribution is -2.10. The van der Waals surface area contributed by atoms with E-state index in [0.29, 0.717) is 34.6 Å². The minimum Gasteiger partial charge on any atom is -0.456 e. The lowest BCUT2D eigenvalue weighted by Gasteiger charge is -2.24. The lowest BCUT2D eigenvalue weighted by atomic mass is 9.91. The Kier molecular flexibility index (Phi) is 4.91. The molecule has 1 aliphatic heterocycles. The molecule has 6 nitrogen and oxygen atoms in total. The second-order valence-corrected chi connectivity index (χ2v) is 9.26. The van der Waals surface area contributed by atoms with E-state index in [1.807, 2.05) is 30.3 Å². The molecule has 0 spiro atoms. The van der Waals surface area contributed by atoms with Gasteiger partial charge in [0.1, 0.15) is 11.5 Å². The molecule has 0 N–H and O–H groups in total. The summed E-state index contributed by atoms with van der Waals surface area (Å²) in [6.45, 7) is 1.70. The summed E-state index contributed by atoms with van der Waals surface area (Å²) in [6.07, 6.45) is 1.70. The molecule has 3 aromatic carbocycles. The molecule has 152 valence electrons. The number of sulfone groups is 1. The summed E-state index contributed by atoms with van der Waals surface area (Å²) in [5, 5.41) is 11.4. The zero-order valence-corrected chi connectivity index (χ0v) is 17.3. The first-order chi connectivity index (χ1) is 14.2. The Labute approximate surface area is 174 Å². The highest BCUT2D eigenvalue weighted by Gasteiger charge is 2.24. The molecule has 0 amide bonds. The Hall–Kier alpha value is -3.45. The molecule has 30 heavy (non-hydrogen) atoms.